The van der Waals surface area contributed by atoms with E-state index in [0.29, 0.717) is 42.1 Å². The maximum atomic E-state index is 12.9. The predicted molar refractivity (Wildman–Crippen MR) is 119 cm³/mol. The molecule has 7 nitrogen and oxygen atoms in total. The molecule has 1 atom stereocenters. The van der Waals surface area contributed by atoms with E-state index in [2.05, 4.69) is 10.6 Å². The van der Waals surface area contributed by atoms with Crippen molar-refractivity contribution in [1.82, 2.24) is 10.2 Å². The van der Waals surface area contributed by atoms with Crippen LogP contribution >= 0.6 is 22.9 Å². The Morgan fingerprint density at radius 2 is 2.06 bits per heavy atom. The molecule has 1 unspecified atom stereocenters. The summed E-state index contributed by atoms with van der Waals surface area (Å²) in [6.45, 7) is 2.54. The second-order valence-electron chi connectivity index (χ2n) is 7.84. The zero-order valence-electron chi connectivity index (χ0n) is 17.0. The summed E-state index contributed by atoms with van der Waals surface area (Å²) in [6.07, 6.45) is 1.48. The number of nitrogens with zero attached hydrogens (tertiary/aromatic N) is 1. The molecule has 0 bridgehead atoms. The Labute approximate surface area is 188 Å². The molecule has 1 aromatic heterocycles. The first-order chi connectivity index (χ1) is 14.8. The first-order valence-electron chi connectivity index (χ1n) is 10.1. The summed E-state index contributed by atoms with van der Waals surface area (Å²) in [5.74, 6) is -0.391. The van der Waals surface area contributed by atoms with E-state index in [1.807, 2.05) is 13.0 Å². The Morgan fingerprint density at radius 3 is 2.81 bits per heavy atom. The van der Waals surface area contributed by atoms with Gasteiger partial charge in [0, 0.05) is 26.9 Å². The Morgan fingerprint density at radius 1 is 1.26 bits per heavy atom. The van der Waals surface area contributed by atoms with Gasteiger partial charge in [0.15, 0.2) is 5.78 Å². The van der Waals surface area contributed by atoms with Gasteiger partial charge in [-0.05, 0) is 43.5 Å². The standard InChI is InChI=1S/C22H22ClN3O4S/c1-12-5-6-13(7-17(12)23)25-22(30)24-10-15-9-16-20(31-15)11-26(21(16)29)18-4-2-3-14(27)8-19(18)28/h5-7,9,18H,2-4,8,10-11H2,1H3,(H2,24,25,30). The number of carbonyl (C=O) groups excluding carboxylic acids is 4. The van der Waals surface area contributed by atoms with Crippen LogP contribution in [0.2, 0.25) is 5.02 Å². The summed E-state index contributed by atoms with van der Waals surface area (Å²) in [6, 6.07) is 6.18. The van der Waals surface area contributed by atoms with Crippen LogP contribution in [0.25, 0.3) is 0 Å². The van der Waals surface area contributed by atoms with E-state index in [0.717, 1.165) is 15.3 Å². The third kappa shape index (κ3) is 4.65. The number of carbonyl (C=O) groups is 4. The van der Waals surface area contributed by atoms with Crippen molar-refractivity contribution in [3.05, 3.63) is 50.2 Å². The molecule has 2 N–H and O–H groups in total. The van der Waals surface area contributed by atoms with Crippen molar-refractivity contribution in [2.24, 2.45) is 0 Å². The van der Waals surface area contributed by atoms with E-state index < -0.39 is 6.04 Å². The lowest BCUT2D eigenvalue weighted by Gasteiger charge is -2.25. The highest BCUT2D eigenvalue weighted by molar-refractivity contribution is 7.12. The van der Waals surface area contributed by atoms with Gasteiger partial charge in [0.25, 0.3) is 5.91 Å². The van der Waals surface area contributed by atoms with Crippen molar-refractivity contribution >= 4 is 52.1 Å². The number of fused-ring (bicyclic) bond motifs is 1. The fourth-order valence-corrected chi connectivity index (χ4v) is 5.18. The molecule has 162 valence electrons. The number of hydrogen-bond donors (Lipinski definition) is 2. The molecule has 0 saturated heterocycles. The van der Waals surface area contributed by atoms with E-state index in [4.69, 9.17) is 11.6 Å². The number of hydrogen-bond acceptors (Lipinski definition) is 5. The normalized spacial score (nSPS) is 18.7. The van der Waals surface area contributed by atoms with Crippen LogP contribution in [0, 0.1) is 6.92 Å². The van der Waals surface area contributed by atoms with Gasteiger partial charge < -0.3 is 15.5 Å². The first kappa shape index (κ1) is 21.5. The molecular weight excluding hydrogens is 438 g/mol. The number of rotatable bonds is 4. The number of thiophene rings is 1. The van der Waals surface area contributed by atoms with Gasteiger partial charge in [0.2, 0.25) is 0 Å². The molecule has 2 heterocycles. The minimum Gasteiger partial charge on any atom is -0.333 e. The SMILES string of the molecule is Cc1ccc(NC(=O)NCc2cc3c(s2)CN(C2CCCC(=O)CC2=O)C3=O)cc1Cl. The molecule has 2 aromatic rings. The maximum absolute atomic E-state index is 12.9. The summed E-state index contributed by atoms with van der Waals surface area (Å²) in [5, 5.41) is 6.09. The molecule has 2 aliphatic rings. The Balaban J connectivity index is 1.35. The number of ketones is 2. The molecule has 4 rings (SSSR count). The Bertz CT molecular complexity index is 1080. The third-order valence-corrected chi connectivity index (χ3v) is 7.10. The number of benzene rings is 1. The van der Waals surface area contributed by atoms with Crippen LogP contribution in [0.1, 0.15) is 51.4 Å². The Hall–Kier alpha value is -2.71. The smallest absolute Gasteiger partial charge is 0.319 e. The second kappa shape index (κ2) is 8.80. The van der Waals surface area contributed by atoms with Crippen molar-refractivity contribution in [2.75, 3.05) is 5.32 Å². The molecule has 31 heavy (non-hydrogen) atoms. The minimum absolute atomic E-state index is 0.0477. The van der Waals surface area contributed by atoms with Gasteiger partial charge in [-0.15, -0.1) is 11.3 Å². The average molecular weight is 460 g/mol. The fourth-order valence-electron chi connectivity index (χ4n) is 3.90. The number of urea groups is 1. The van der Waals surface area contributed by atoms with Gasteiger partial charge in [-0.25, -0.2) is 4.79 Å². The van der Waals surface area contributed by atoms with Crippen molar-refractivity contribution in [1.29, 1.82) is 0 Å². The van der Waals surface area contributed by atoms with E-state index in [1.54, 1.807) is 23.1 Å². The van der Waals surface area contributed by atoms with Gasteiger partial charge >= 0.3 is 6.03 Å². The van der Waals surface area contributed by atoms with Crippen LogP contribution in [0.4, 0.5) is 10.5 Å². The van der Waals surface area contributed by atoms with Gasteiger partial charge in [-0.2, -0.15) is 0 Å². The van der Waals surface area contributed by atoms with Crippen molar-refractivity contribution in [2.45, 2.75) is 51.7 Å². The molecule has 1 aliphatic carbocycles. The lowest BCUT2D eigenvalue weighted by molar-refractivity contribution is -0.128. The molecule has 1 aliphatic heterocycles. The van der Waals surface area contributed by atoms with Crippen LogP contribution in [-0.4, -0.2) is 34.4 Å². The van der Waals surface area contributed by atoms with Crippen LogP contribution < -0.4 is 10.6 Å². The van der Waals surface area contributed by atoms with E-state index in [-0.39, 0.29) is 36.5 Å². The number of halogens is 1. The number of Topliss-reactive ketones (excluding diaryl/α,β-unsaturated/α-hetero) is 2. The zero-order valence-corrected chi connectivity index (χ0v) is 18.6. The lowest BCUT2D eigenvalue weighted by Crippen LogP contribution is -2.41. The zero-order chi connectivity index (χ0) is 22.1. The highest BCUT2D eigenvalue weighted by Crippen LogP contribution is 2.34. The van der Waals surface area contributed by atoms with Gasteiger partial charge in [-0.1, -0.05) is 17.7 Å². The summed E-state index contributed by atoms with van der Waals surface area (Å²) in [5.41, 5.74) is 2.10. The Kier molecular flexibility index (Phi) is 6.11. The molecule has 0 radical (unpaired) electrons. The topological polar surface area (TPSA) is 95.6 Å². The van der Waals surface area contributed by atoms with Crippen LogP contribution in [0.5, 0.6) is 0 Å². The molecule has 1 saturated carbocycles. The molecule has 0 spiro atoms. The maximum Gasteiger partial charge on any atom is 0.319 e. The predicted octanol–water partition coefficient (Wildman–Crippen LogP) is 4.07. The lowest BCUT2D eigenvalue weighted by atomic mass is 10.1. The van der Waals surface area contributed by atoms with E-state index in [9.17, 15) is 19.2 Å². The monoisotopic (exact) mass is 459 g/mol. The second-order valence-corrected chi connectivity index (χ2v) is 9.47. The number of nitrogens with one attached hydrogen (secondary N) is 2. The first-order valence-corrected chi connectivity index (χ1v) is 11.3. The number of amides is 3. The van der Waals surface area contributed by atoms with Gasteiger partial charge in [0.1, 0.15) is 5.78 Å². The van der Waals surface area contributed by atoms with Crippen LogP contribution in [0.3, 0.4) is 0 Å². The molecule has 3 amide bonds. The average Bonchev–Trinajstić information content (AvgIpc) is 3.19. The summed E-state index contributed by atoms with van der Waals surface area (Å²) >= 11 is 7.52. The molecule has 1 aromatic carbocycles. The van der Waals surface area contributed by atoms with Crippen molar-refractivity contribution in [3.8, 4) is 0 Å². The highest BCUT2D eigenvalue weighted by Gasteiger charge is 2.38. The summed E-state index contributed by atoms with van der Waals surface area (Å²) in [7, 11) is 0. The van der Waals surface area contributed by atoms with Crippen LogP contribution in [0.15, 0.2) is 24.3 Å². The largest absolute Gasteiger partial charge is 0.333 e. The summed E-state index contributed by atoms with van der Waals surface area (Å²) in [4.78, 5) is 52.4. The van der Waals surface area contributed by atoms with E-state index in [1.165, 1.54) is 11.3 Å². The molecule has 1 fully saturated rings. The minimum atomic E-state index is -0.521. The molecule has 9 heteroatoms. The van der Waals surface area contributed by atoms with Crippen molar-refractivity contribution < 1.29 is 19.2 Å². The number of anilines is 1. The third-order valence-electron chi connectivity index (χ3n) is 5.57. The molecular formula is C22H22ClN3O4S. The summed E-state index contributed by atoms with van der Waals surface area (Å²) < 4.78 is 0. The quantitative estimate of drug-likeness (QED) is 0.532. The van der Waals surface area contributed by atoms with Gasteiger partial charge in [0.05, 0.1) is 31.1 Å². The number of aryl methyl sites for hydroxylation is 1. The van der Waals surface area contributed by atoms with E-state index >= 15 is 0 Å². The van der Waals surface area contributed by atoms with Crippen molar-refractivity contribution in [3.63, 3.8) is 0 Å². The van der Waals surface area contributed by atoms with Gasteiger partial charge in [-0.3, -0.25) is 14.4 Å². The highest BCUT2D eigenvalue weighted by atomic mass is 35.5. The fraction of sp³-hybridized carbons (Fsp3) is 0.364. The van der Waals surface area contributed by atoms with Crippen LogP contribution in [-0.2, 0) is 22.7 Å².